The average molecular weight is 303 g/mol. The van der Waals surface area contributed by atoms with E-state index in [1.807, 2.05) is 36.4 Å². The topological polar surface area (TPSA) is 96.6 Å². The van der Waals surface area contributed by atoms with Gasteiger partial charge in [0.25, 0.3) is 5.91 Å². The molecule has 0 bridgehead atoms. The van der Waals surface area contributed by atoms with Crippen molar-refractivity contribution in [3.8, 4) is 6.07 Å². The number of rotatable bonds is 9. The highest BCUT2D eigenvalue weighted by Crippen LogP contribution is 2.00. The predicted molar refractivity (Wildman–Crippen MR) is 82.6 cm³/mol. The van der Waals surface area contributed by atoms with Gasteiger partial charge in [-0.25, -0.2) is 0 Å². The highest BCUT2D eigenvalue weighted by atomic mass is 16.3. The van der Waals surface area contributed by atoms with Gasteiger partial charge in [0.1, 0.15) is 11.6 Å². The molecule has 1 aromatic carbocycles. The second-order valence-corrected chi connectivity index (χ2v) is 4.63. The van der Waals surface area contributed by atoms with Gasteiger partial charge in [0, 0.05) is 25.8 Å². The van der Waals surface area contributed by atoms with Gasteiger partial charge in [-0.1, -0.05) is 30.3 Å². The van der Waals surface area contributed by atoms with Gasteiger partial charge in [-0.05, 0) is 12.0 Å². The summed E-state index contributed by atoms with van der Waals surface area (Å²) in [5.41, 5.74) is 1.06. The van der Waals surface area contributed by atoms with Crippen LogP contribution in [0.4, 0.5) is 0 Å². The van der Waals surface area contributed by atoms with Gasteiger partial charge >= 0.3 is 0 Å². The first-order valence-corrected chi connectivity index (χ1v) is 7.11. The first kappa shape index (κ1) is 17.7. The summed E-state index contributed by atoms with van der Waals surface area (Å²) in [6.45, 7) is 0.698. The summed E-state index contributed by atoms with van der Waals surface area (Å²) in [7, 11) is 0. The van der Waals surface area contributed by atoms with Crippen molar-refractivity contribution in [2.24, 2.45) is 0 Å². The molecule has 0 saturated heterocycles. The summed E-state index contributed by atoms with van der Waals surface area (Å²) in [4.78, 5) is 13.5. The third-order valence-electron chi connectivity index (χ3n) is 2.99. The Balaban J connectivity index is 2.54. The largest absolute Gasteiger partial charge is 0.395 e. The summed E-state index contributed by atoms with van der Waals surface area (Å²) in [5, 5.41) is 29.6. The van der Waals surface area contributed by atoms with Crippen molar-refractivity contribution >= 4 is 5.91 Å². The standard InChI is InChI=1S/C16H21N3O3/c17-12-15(13-19(8-10-20)9-11-21)16(22)18-7-6-14-4-2-1-3-5-14/h1-5,13,20-21H,6-11H2,(H,18,22)/b15-13-. The van der Waals surface area contributed by atoms with Crippen molar-refractivity contribution < 1.29 is 15.0 Å². The van der Waals surface area contributed by atoms with E-state index in [0.717, 1.165) is 5.56 Å². The van der Waals surface area contributed by atoms with Gasteiger partial charge in [-0.3, -0.25) is 4.79 Å². The Morgan fingerprint density at radius 3 is 2.41 bits per heavy atom. The molecule has 0 radical (unpaired) electrons. The Kier molecular flexibility index (Phi) is 8.35. The lowest BCUT2D eigenvalue weighted by atomic mass is 10.1. The molecule has 22 heavy (non-hydrogen) atoms. The molecule has 0 atom stereocenters. The van der Waals surface area contributed by atoms with E-state index in [0.29, 0.717) is 13.0 Å². The lowest BCUT2D eigenvalue weighted by Crippen LogP contribution is -2.30. The second-order valence-electron chi connectivity index (χ2n) is 4.63. The van der Waals surface area contributed by atoms with Crippen LogP contribution in [-0.2, 0) is 11.2 Å². The van der Waals surface area contributed by atoms with Crippen LogP contribution in [0.3, 0.4) is 0 Å². The number of aliphatic hydroxyl groups excluding tert-OH is 2. The van der Waals surface area contributed by atoms with E-state index in [2.05, 4.69) is 5.32 Å². The van der Waals surface area contributed by atoms with Gasteiger partial charge in [0.15, 0.2) is 0 Å². The molecule has 1 rings (SSSR count). The summed E-state index contributed by atoms with van der Waals surface area (Å²) >= 11 is 0. The zero-order valence-corrected chi connectivity index (χ0v) is 12.4. The van der Waals surface area contributed by atoms with Crippen molar-refractivity contribution in [1.82, 2.24) is 10.2 Å². The van der Waals surface area contributed by atoms with E-state index in [9.17, 15) is 4.79 Å². The zero-order valence-electron chi connectivity index (χ0n) is 12.4. The monoisotopic (exact) mass is 303 g/mol. The SMILES string of the molecule is N#C/C(=C/N(CCO)CCO)C(=O)NCCc1ccccc1. The van der Waals surface area contributed by atoms with Crippen molar-refractivity contribution in [2.45, 2.75) is 6.42 Å². The lowest BCUT2D eigenvalue weighted by molar-refractivity contribution is -0.117. The van der Waals surface area contributed by atoms with Gasteiger partial charge in [-0.2, -0.15) is 5.26 Å². The second kappa shape index (κ2) is 10.4. The van der Waals surface area contributed by atoms with Gasteiger partial charge in [0.2, 0.25) is 0 Å². The van der Waals surface area contributed by atoms with E-state index < -0.39 is 5.91 Å². The van der Waals surface area contributed by atoms with Crippen LogP contribution in [0.25, 0.3) is 0 Å². The van der Waals surface area contributed by atoms with Crippen LogP contribution in [0.15, 0.2) is 42.1 Å². The van der Waals surface area contributed by atoms with E-state index >= 15 is 0 Å². The smallest absolute Gasteiger partial charge is 0.263 e. The first-order valence-electron chi connectivity index (χ1n) is 7.11. The number of aliphatic hydroxyl groups is 2. The third-order valence-corrected chi connectivity index (χ3v) is 2.99. The van der Waals surface area contributed by atoms with Gasteiger partial charge < -0.3 is 20.4 Å². The average Bonchev–Trinajstić information content (AvgIpc) is 2.53. The number of nitriles is 1. The van der Waals surface area contributed by atoms with Crippen LogP contribution in [0.1, 0.15) is 5.56 Å². The lowest BCUT2D eigenvalue weighted by Gasteiger charge is -2.18. The van der Waals surface area contributed by atoms with E-state index in [-0.39, 0.29) is 31.9 Å². The van der Waals surface area contributed by atoms with Crippen LogP contribution in [0.5, 0.6) is 0 Å². The summed E-state index contributed by atoms with van der Waals surface area (Å²) < 4.78 is 0. The Labute approximate surface area is 130 Å². The molecule has 0 unspecified atom stereocenters. The Hall–Kier alpha value is -2.36. The number of nitrogens with one attached hydrogen (secondary N) is 1. The summed E-state index contributed by atoms with van der Waals surface area (Å²) in [5.74, 6) is -0.459. The normalized spacial score (nSPS) is 10.9. The molecule has 0 aliphatic carbocycles. The summed E-state index contributed by atoms with van der Waals surface area (Å²) in [6.07, 6.45) is 2.05. The molecule has 1 amide bonds. The Bertz CT molecular complexity index is 517. The molecular weight excluding hydrogens is 282 g/mol. The number of hydrogen-bond acceptors (Lipinski definition) is 5. The van der Waals surface area contributed by atoms with Crippen LogP contribution >= 0.6 is 0 Å². The molecule has 0 aliphatic heterocycles. The Morgan fingerprint density at radius 2 is 1.86 bits per heavy atom. The molecule has 3 N–H and O–H groups in total. The number of benzene rings is 1. The minimum Gasteiger partial charge on any atom is -0.395 e. The number of carbonyl (C=O) groups excluding carboxylic acids is 1. The van der Waals surface area contributed by atoms with Crippen LogP contribution in [0, 0.1) is 11.3 Å². The van der Waals surface area contributed by atoms with Gasteiger partial charge in [-0.15, -0.1) is 0 Å². The maximum Gasteiger partial charge on any atom is 0.263 e. The highest BCUT2D eigenvalue weighted by Gasteiger charge is 2.10. The minimum absolute atomic E-state index is 0.0463. The molecule has 0 heterocycles. The predicted octanol–water partition coefficient (Wildman–Crippen LogP) is 0.0394. The molecule has 0 saturated carbocycles. The highest BCUT2D eigenvalue weighted by molar-refractivity contribution is 5.97. The fourth-order valence-electron chi connectivity index (χ4n) is 1.88. The molecule has 118 valence electrons. The summed E-state index contributed by atoms with van der Waals surface area (Å²) in [6, 6.07) is 11.6. The first-order chi connectivity index (χ1) is 10.7. The maximum absolute atomic E-state index is 12.0. The van der Waals surface area contributed by atoms with Crippen LogP contribution < -0.4 is 5.32 Å². The zero-order chi connectivity index (χ0) is 16.2. The van der Waals surface area contributed by atoms with Crippen molar-refractivity contribution in [3.05, 3.63) is 47.7 Å². The van der Waals surface area contributed by atoms with Crippen molar-refractivity contribution in [2.75, 3.05) is 32.8 Å². The van der Waals surface area contributed by atoms with E-state index in [1.165, 1.54) is 11.1 Å². The fraction of sp³-hybridized carbons (Fsp3) is 0.375. The quantitative estimate of drug-likeness (QED) is 0.442. The van der Waals surface area contributed by atoms with E-state index in [4.69, 9.17) is 15.5 Å². The molecule has 1 aromatic rings. The molecule has 0 fully saturated rings. The fourth-order valence-corrected chi connectivity index (χ4v) is 1.88. The number of hydrogen-bond donors (Lipinski definition) is 3. The van der Waals surface area contributed by atoms with Crippen LogP contribution in [-0.4, -0.2) is 53.9 Å². The number of amides is 1. The van der Waals surface area contributed by atoms with Crippen molar-refractivity contribution in [1.29, 1.82) is 5.26 Å². The minimum atomic E-state index is -0.459. The van der Waals surface area contributed by atoms with Gasteiger partial charge in [0.05, 0.1) is 13.2 Å². The maximum atomic E-state index is 12.0. The Morgan fingerprint density at radius 1 is 1.23 bits per heavy atom. The number of nitrogens with zero attached hydrogens (tertiary/aromatic N) is 2. The third kappa shape index (κ3) is 6.39. The van der Waals surface area contributed by atoms with Crippen LogP contribution in [0.2, 0.25) is 0 Å². The molecule has 0 aromatic heterocycles. The molecule has 0 aliphatic rings. The van der Waals surface area contributed by atoms with Crippen molar-refractivity contribution in [3.63, 3.8) is 0 Å². The number of carbonyl (C=O) groups is 1. The molecule has 6 nitrogen and oxygen atoms in total. The molecule has 0 spiro atoms. The molecular formula is C16H21N3O3. The molecule has 6 heteroatoms. The van der Waals surface area contributed by atoms with E-state index in [1.54, 1.807) is 0 Å².